The van der Waals surface area contributed by atoms with Gasteiger partial charge in [-0.15, -0.1) is 0 Å². The zero-order valence-corrected chi connectivity index (χ0v) is 19.6. The number of nitrogens with zero attached hydrogens (tertiary/aromatic N) is 3. The largest absolute Gasteiger partial charge is 0.355 e. The van der Waals surface area contributed by atoms with Gasteiger partial charge in [0.05, 0.1) is 0 Å². The third kappa shape index (κ3) is 5.29. The van der Waals surface area contributed by atoms with E-state index in [2.05, 4.69) is 40.0 Å². The van der Waals surface area contributed by atoms with Crippen LogP contribution in [0.5, 0.6) is 0 Å². The molecule has 4 N–H and O–H groups in total. The van der Waals surface area contributed by atoms with Crippen molar-refractivity contribution in [2.75, 3.05) is 39.3 Å². The van der Waals surface area contributed by atoms with E-state index in [1.165, 1.54) is 0 Å². The van der Waals surface area contributed by atoms with Crippen molar-refractivity contribution in [2.24, 2.45) is 0 Å². The van der Waals surface area contributed by atoms with Crippen LogP contribution in [0, 0.1) is 0 Å². The molecule has 1 aliphatic heterocycles. The highest BCUT2D eigenvalue weighted by atomic mass is 35.5. The van der Waals surface area contributed by atoms with Gasteiger partial charge in [0.2, 0.25) is 5.95 Å². The molecular weight excluding hydrogens is 445 g/mol. The maximum atomic E-state index is 6.02. The molecule has 1 aromatic heterocycles. The van der Waals surface area contributed by atoms with E-state index < -0.39 is 0 Å². The fourth-order valence-electron chi connectivity index (χ4n) is 3.60. The van der Waals surface area contributed by atoms with Gasteiger partial charge in [-0.2, -0.15) is 9.97 Å². The van der Waals surface area contributed by atoms with Gasteiger partial charge in [-0.25, -0.2) is 0 Å². The fourth-order valence-corrected chi connectivity index (χ4v) is 3.85. The lowest BCUT2D eigenvalue weighted by atomic mass is 10.3. The minimum absolute atomic E-state index is 0.227. The molecule has 0 spiro atoms. The number of halogens is 2. The monoisotopic (exact) mass is 471 g/mol. The van der Waals surface area contributed by atoms with Gasteiger partial charge in [0, 0.05) is 34.5 Å². The minimum atomic E-state index is -0.227. The number of rotatable bonds is 9. The van der Waals surface area contributed by atoms with E-state index in [9.17, 15) is 0 Å². The lowest BCUT2D eigenvalue weighted by Crippen LogP contribution is -2.32. The Morgan fingerprint density at radius 2 is 1.44 bits per heavy atom. The van der Waals surface area contributed by atoms with Crippen LogP contribution >= 0.6 is 23.2 Å². The van der Waals surface area contributed by atoms with Crippen LogP contribution in [0.1, 0.15) is 26.7 Å². The number of hydrogen-bond donors (Lipinski definition) is 4. The Morgan fingerprint density at radius 3 is 2.03 bits per heavy atom. The molecule has 0 saturated carbocycles. The number of nitrogens with one attached hydrogen (secondary N) is 4. The van der Waals surface area contributed by atoms with E-state index in [4.69, 9.17) is 33.2 Å². The quantitative estimate of drug-likeness (QED) is 0.288. The average molecular weight is 472 g/mol. The summed E-state index contributed by atoms with van der Waals surface area (Å²) in [6.07, 6.45) is 1.83. The van der Waals surface area contributed by atoms with Crippen molar-refractivity contribution in [3.8, 4) is 0 Å². The Balaban J connectivity index is 1.63. The average Bonchev–Trinajstić information content (AvgIpc) is 3.18. The number of aromatic nitrogens is 2. The molecule has 0 radical (unpaired) electrons. The number of fused-ring (bicyclic) bond motifs is 1. The van der Waals surface area contributed by atoms with Crippen molar-refractivity contribution in [1.82, 2.24) is 9.97 Å². The van der Waals surface area contributed by atoms with Gasteiger partial charge in [0.15, 0.2) is 17.9 Å². The van der Waals surface area contributed by atoms with E-state index in [1.54, 1.807) is 0 Å². The van der Waals surface area contributed by atoms with Gasteiger partial charge < -0.3 is 26.2 Å². The summed E-state index contributed by atoms with van der Waals surface area (Å²) in [4.78, 5) is 11.9. The molecular formula is C23H27Cl2N7. The molecule has 7 nitrogen and oxygen atoms in total. The summed E-state index contributed by atoms with van der Waals surface area (Å²) in [5.41, 5.74) is 2.71. The Bertz CT molecular complexity index is 1040. The molecule has 168 valence electrons. The molecule has 1 unspecified atom stereocenters. The summed E-state index contributed by atoms with van der Waals surface area (Å²) in [5, 5.41) is 15.0. The summed E-state index contributed by atoms with van der Waals surface area (Å²) in [6, 6.07) is 15.1. The molecule has 0 aliphatic carbocycles. The zero-order chi connectivity index (χ0) is 22.5. The normalized spacial score (nSPS) is 14.3. The lowest BCUT2D eigenvalue weighted by Gasteiger charge is -2.25. The van der Waals surface area contributed by atoms with Gasteiger partial charge >= 0.3 is 0 Å². The molecule has 32 heavy (non-hydrogen) atoms. The third-order valence-electron chi connectivity index (χ3n) is 5.00. The Hall–Kier alpha value is -2.90. The highest BCUT2D eigenvalue weighted by Crippen LogP contribution is 2.37. The zero-order valence-electron chi connectivity index (χ0n) is 18.1. The smallest absolute Gasteiger partial charge is 0.231 e. The van der Waals surface area contributed by atoms with Crippen molar-refractivity contribution in [2.45, 2.75) is 33.0 Å². The van der Waals surface area contributed by atoms with Crippen LogP contribution in [-0.2, 0) is 0 Å². The minimum Gasteiger partial charge on any atom is -0.355 e. The summed E-state index contributed by atoms with van der Waals surface area (Å²) in [6.45, 7) is 6.17. The Morgan fingerprint density at radius 1 is 0.844 bits per heavy atom. The van der Waals surface area contributed by atoms with Crippen LogP contribution in [0.15, 0.2) is 48.5 Å². The van der Waals surface area contributed by atoms with Crippen molar-refractivity contribution >= 4 is 57.8 Å². The van der Waals surface area contributed by atoms with Crippen LogP contribution in [0.2, 0.25) is 10.0 Å². The van der Waals surface area contributed by atoms with Crippen molar-refractivity contribution in [3.63, 3.8) is 0 Å². The number of anilines is 6. The molecule has 2 aromatic carbocycles. The van der Waals surface area contributed by atoms with E-state index >= 15 is 0 Å². The SMILES string of the molecule is CCCN(CCC)c1nc(Nc2ccc(Cl)cc2)nc2c1NC(Nc1ccc(Cl)cc1)N2. The van der Waals surface area contributed by atoms with Gasteiger partial charge in [-0.1, -0.05) is 37.0 Å². The number of benzene rings is 2. The van der Waals surface area contributed by atoms with Crippen molar-refractivity contribution in [3.05, 3.63) is 58.6 Å². The van der Waals surface area contributed by atoms with Gasteiger partial charge in [0.25, 0.3) is 0 Å². The van der Waals surface area contributed by atoms with Crippen LogP contribution in [-0.4, -0.2) is 29.3 Å². The topological polar surface area (TPSA) is 77.1 Å². The van der Waals surface area contributed by atoms with E-state index in [0.29, 0.717) is 16.0 Å². The van der Waals surface area contributed by atoms with Crippen LogP contribution in [0.25, 0.3) is 0 Å². The van der Waals surface area contributed by atoms with Crippen LogP contribution < -0.4 is 26.2 Å². The highest BCUT2D eigenvalue weighted by Gasteiger charge is 2.28. The van der Waals surface area contributed by atoms with E-state index in [-0.39, 0.29) is 6.29 Å². The summed E-state index contributed by atoms with van der Waals surface area (Å²) in [7, 11) is 0. The van der Waals surface area contributed by atoms with Crippen molar-refractivity contribution in [1.29, 1.82) is 0 Å². The second-order valence-electron chi connectivity index (χ2n) is 7.59. The molecule has 0 bridgehead atoms. The first-order valence-corrected chi connectivity index (χ1v) is 11.6. The third-order valence-corrected chi connectivity index (χ3v) is 5.51. The van der Waals surface area contributed by atoms with E-state index in [0.717, 1.165) is 54.6 Å². The second kappa shape index (κ2) is 10.1. The molecule has 0 saturated heterocycles. The molecule has 0 fully saturated rings. The van der Waals surface area contributed by atoms with Gasteiger partial charge in [-0.05, 0) is 61.4 Å². The van der Waals surface area contributed by atoms with Crippen molar-refractivity contribution < 1.29 is 0 Å². The molecule has 3 aromatic rings. The summed E-state index contributed by atoms with van der Waals surface area (Å²) >= 11 is 12.0. The maximum Gasteiger partial charge on any atom is 0.231 e. The maximum absolute atomic E-state index is 6.02. The summed E-state index contributed by atoms with van der Waals surface area (Å²) < 4.78 is 0. The second-order valence-corrected chi connectivity index (χ2v) is 8.46. The fraction of sp³-hybridized carbons (Fsp3) is 0.304. The predicted molar refractivity (Wildman–Crippen MR) is 136 cm³/mol. The molecule has 0 amide bonds. The van der Waals surface area contributed by atoms with Gasteiger partial charge in [0.1, 0.15) is 5.69 Å². The van der Waals surface area contributed by atoms with Crippen LogP contribution in [0.3, 0.4) is 0 Å². The molecule has 4 rings (SSSR count). The molecule has 2 heterocycles. The first-order valence-electron chi connectivity index (χ1n) is 10.8. The highest BCUT2D eigenvalue weighted by molar-refractivity contribution is 6.30. The van der Waals surface area contributed by atoms with E-state index in [1.807, 2.05) is 48.5 Å². The Labute approximate surface area is 198 Å². The standard InChI is InChI=1S/C23H27Cl2N7/c1-3-13-32(14-4-2)21-19-20(29-22(28-19)26-17-9-5-15(24)6-10-17)30-23(31-21)27-18-11-7-16(25)8-12-18/h5-12,22,26,28H,3-4,13-14H2,1-2H3,(H2,27,29,30,31). The first kappa shape index (κ1) is 22.3. The first-order chi connectivity index (χ1) is 15.6. The lowest BCUT2D eigenvalue weighted by molar-refractivity contribution is 0.734. The summed E-state index contributed by atoms with van der Waals surface area (Å²) in [5.74, 6) is 2.15. The predicted octanol–water partition coefficient (Wildman–Crippen LogP) is 6.39. The Kier molecular flexibility index (Phi) is 7.07. The number of hydrogen-bond acceptors (Lipinski definition) is 7. The van der Waals surface area contributed by atoms with Gasteiger partial charge in [-0.3, -0.25) is 0 Å². The molecule has 1 aliphatic rings. The van der Waals surface area contributed by atoms with Crippen LogP contribution in [0.4, 0.5) is 34.6 Å². The molecule has 1 atom stereocenters. The molecule has 9 heteroatoms.